The van der Waals surface area contributed by atoms with Gasteiger partial charge in [-0.25, -0.2) is 19.6 Å². The molecule has 0 spiro atoms. The third-order valence-electron chi connectivity index (χ3n) is 9.81. The highest BCUT2D eigenvalue weighted by molar-refractivity contribution is 5.92. The van der Waals surface area contributed by atoms with Gasteiger partial charge in [-0.1, -0.05) is 54.6 Å². The first kappa shape index (κ1) is 31.6. The van der Waals surface area contributed by atoms with Gasteiger partial charge < -0.3 is 19.8 Å². The molecule has 50 heavy (non-hydrogen) atoms. The van der Waals surface area contributed by atoms with Gasteiger partial charge in [0.25, 0.3) is 0 Å². The van der Waals surface area contributed by atoms with E-state index < -0.39 is 11.7 Å². The van der Waals surface area contributed by atoms with Crippen molar-refractivity contribution in [2.75, 3.05) is 13.1 Å². The smallest absolute Gasteiger partial charge is 0.410 e. The average Bonchev–Trinajstić information content (AvgIpc) is 3.92. The summed E-state index contributed by atoms with van der Waals surface area (Å²) in [7, 11) is 0. The summed E-state index contributed by atoms with van der Waals surface area (Å²) in [4.78, 5) is 44.0. The van der Waals surface area contributed by atoms with Gasteiger partial charge in [0, 0.05) is 13.1 Å². The van der Waals surface area contributed by atoms with Crippen molar-refractivity contribution in [3.8, 4) is 33.5 Å². The fourth-order valence-corrected chi connectivity index (χ4v) is 7.34. The number of nitrogens with one attached hydrogen (secondary N) is 2. The van der Waals surface area contributed by atoms with Crippen molar-refractivity contribution in [2.45, 2.75) is 64.1 Å². The number of fused-ring (bicyclic) bond motifs is 2. The SMILES string of the molecule is CC(C)(C)OC(=O)N1CCC[C@H]1c1nc2ccc(-c3ccc4cc(-c5ccc(-c6cnc([C@@H]7CCCN7C(=O)O)[nH]6)cc5)ccc4c3)cc2[nH]1. The van der Waals surface area contributed by atoms with Crippen molar-refractivity contribution in [1.29, 1.82) is 0 Å². The lowest BCUT2D eigenvalue weighted by atomic mass is 9.97. The van der Waals surface area contributed by atoms with Crippen molar-refractivity contribution in [1.82, 2.24) is 29.7 Å². The van der Waals surface area contributed by atoms with Gasteiger partial charge >= 0.3 is 12.2 Å². The number of imidazole rings is 2. The Morgan fingerprint density at radius 1 is 0.740 bits per heavy atom. The molecule has 2 atom stereocenters. The fraction of sp³-hybridized carbons (Fsp3) is 0.300. The van der Waals surface area contributed by atoms with E-state index in [4.69, 9.17) is 9.72 Å². The van der Waals surface area contributed by atoms with E-state index in [-0.39, 0.29) is 18.2 Å². The molecule has 10 heteroatoms. The number of carbonyl (C=O) groups excluding carboxylic acids is 1. The zero-order valence-electron chi connectivity index (χ0n) is 28.4. The maximum Gasteiger partial charge on any atom is 0.410 e. The predicted molar refractivity (Wildman–Crippen MR) is 194 cm³/mol. The second kappa shape index (κ2) is 12.4. The number of H-pyrrole nitrogens is 2. The lowest BCUT2D eigenvalue weighted by Crippen LogP contribution is -2.36. The van der Waals surface area contributed by atoms with E-state index in [0.29, 0.717) is 18.9 Å². The van der Waals surface area contributed by atoms with E-state index in [9.17, 15) is 14.7 Å². The van der Waals surface area contributed by atoms with Crippen LogP contribution in [0.5, 0.6) is 0 Å². The van der Waals surface area contributed by atoms with E-state index in [1.807, 2.05) is 26.8 Å². The largest absolute Gasteiger partial charge is 0.465 e. The average molecular weight is 669 g/mol. The van der Waals surface area contributed by atoms with Crippen molar-refractivity contribution in [3.05, 3.63) is 96.7 Å². The summed E-state index contributed by atoms with van der Waals surface area (Å²) in [5.41, 5.74) is 7.61. The number of hydrogen-bond acceptors (Lipinski definition) is 5. The van der Waals surface area contributed by atoms with Crippen LogP contribution >= 0.6 is 0 Å². The van der Waals surface area contributed by atoms with E-state index in [2.05, 4.69) is 87.7 Å². The highest BCUT2D eigenvalue weighted by Gasteiger charge is 2.35. The number of carboxylic acid groups (broad SMARTS) is 1. The molecular weight excluding hydrogens is 628 g/mol. The van der Waals surface area contributed by atoms with Crippen LogP contribution in [0.4, 0.5) is 9.59 Å². The number of hydrogen-bond donors (Lipinski definition) is 3. The lowest BCUT2D eigenvalue weighted by molar-refractivity contribution is 0.0219. The lowest BCUT2D eigenvalue weighted by Gasteiger charge is -2.27. The van der Waals surface area contributed by atoms with Gasteiger partial charge in [0.15, 0.2) is 0 Å². The minimum absolute atomic E-state index is 0.126. The van der Waals surface area contributed by atoms with Crippen molar-refractivity contribution in [3.63, 3.8) is 0 Å². The molecule has 2 amide bonds. The molecule has 2 aliphatic rings. The number of ether oxygens (including phenoxy) is 1. The third-order valence-corrected chi connectivity index (χ3v) is 9.81. The molecule has 0 saturated carbocycles. The van der Waals surface area contributed by atoms with Crippen molar-refractivity contribution < 1.29 is 19.4 Å². The summed E-state index contributed by atoms with van der Waals surface area (Å²) in [6.45, 7) is 6.87. The number of amides is 2. The third kappa shape index (κ3) is 6.06. The molecule has 0 radical (unpaired) electrons. The van der Waals surface area contributed by atoms with Crippen LogP contribution in [0.25, 0.3) is 55.3 Å². The monoisotopic (exact) mass is 668 g/mol. The predicted octanol–water partition coefficient (Wildman–Crippen LogP) is 9.33. The Morgan fingerprint density at radius 3 is 2.00 bits per heavy atom. The number of aromatic nitrogens is 4. The Hall–Kier alpha value is -5.64. The van der Waals surface area contributed by atoms with Crippen LogP contribution in [0.3, 0.4) is 0 Å². The Labute approximate surface area is 290 Å². The van der Waals surface area contributed by atoms with Gasteiger partial charge in [-0.2, -0.15) is 0 Å². The molecule has 6 aromatic rings. The Kier molecular flexibility index (Phi) is 7.81. The second-order valence-corrected chi connectivity index (χ2v) is 14.4. The summed E-state index contributed by atoms with van der Waals surface area (Å²) in [6.07, 6.45) is 3.98. The summed E-state index contributed by atoms with van der Waals surface area (Å²) in [5.74, 6) is 1.49. The van der Waals surface area contributed by atoms with Gasteiger partial charge in [0.05, 0.1) is 35.0 Å². The fourth-order valence-electron chi connectivity index (χ4n) is 7.34. The molecule has 8 rings (SSSR count). The zero-order chi connectivity index (χ0) is 34.6. The van der Waals surface area contributed by atoms with Crippen molar-refractivity contribution >= 4 is 34.0 Å². The number of carbonyl (C=O) groups is 2. The molecule has 2 saturated heterocycles. The van der Waals surface area contributed by atoms with E-state index in [0.717, 1.165) is 86.8 Å². The zero-order valence-corrected chi connectivity index (χ0v) is 28.4. The summed E-state index contributed by atoms with van der Waals surface area (Å²) in [5, 5.41) is 11.8. The molecule has 10 nitrogen and oxygen atoms in total. The van der Waals surface area contributed by atoms with Crippen LogP contribution in [-0.4, -0.2) is 65.7 Å². The molecule has 0 aliphatic carbocycles. The Morgan fingerprint density at radius 2 is 1.32 bits per heavy atom. The second-order valence-electron chi connectivity index (χ2n) is 14.4. The summed E-state index contributed by atoms with van der Waals surface area (Å²) < 4.78 is 5.66. The maximum atomic E-state index is 12.9. The van der Waals surface area contributed by atoms with Gasteiger partial charge in [0.2, 0.25) is 0 Å². The number of benzene rings is 4. The summed E-state index contributed by atoms with van der Waals surface area (Å²) >= 11 is 0. The molecule has 3 N–H and O–H groups in total. The molecule has 2 aliphatic heterocycles. The summed E-state index contributed by atoms with van der Waals surface area (Å²) in [6, 6.07) is 27.3. The minimum atomic E-state index is -0.902. The quantitative estimate of drug-likeness (QED) is 0.168. The molecular formula is C40H40N6O4. The van der Waals surface area contributed by atoms with Crippen molar-refractivity contribution in [2.24, 2.45) is 0 Å². The topological polar surface area (TPSA) is 127 Å². The van der Waals surface area contributed by atoms with Crippen LogP contribution in [0.2, 0.25) is 0 Å². The Balaban J connectivity index is 0.990. The number of rotatable bonds is 5. The maximum absolute atomic E-state index is 12.9. The molecule has 0 bridgehead atoms. The molecule has 4 heterocycles. The molecule has 254 valence electrons. The normalized spacial score (nSPS) is 18.0. The first-order valence-electron chi connectivity index (χ1n) is 17.3. The minimum Gasteiger partial charge on any atom is -0.465 e. The van der Waals surface area contributed by atoms with Crippen LogP contribution in [0.1, 0.15) is 70.2 Å². The van der Waals surface area contributed by atoms with Gasteiger partial charge in [-0.05, 0) is 109 Å². The first-order valence-corrected chi connectivity index (χ1v) is 17.3. The van der Waals surface area contributed by atoms with E-state index in [1.165, 1.54) is 4.90 Å². The number of nitrogens with zero attached hydrogens (tertiary/aromatic N) is 4. The first-order chi connectivity index (χ1) is 24.1. The number of likely N-dealkylation sites (tertiary alicyclic amines) is 2. The van der Waals surface area contributed by atoms with E-state index in [1.54, 1.807) is 11.1 Å². The standard InChI is InChI=1S/C40H40N6O4/c1-40(2,3)50-39(49)46-19-5-7-35(46)37-42-31-17-16-30(22-32(31)43-37)29-15-14-27-20-26(12-13-28(27)21-29)24-8-10-25(11-9-24)33-23-41-36(44-33)34-6-4-18-45(34)38(47)48/h8-17,20-23,34-35H,4-7,18-19H2,1-3H3,(H,41,44)(H,42,43)(H,47,48)/t34-,35-/m0/s1. The molecule has 2 aromatic heterocycles. The van der Waals surface area contributed by atoms with Crippen LogP contribution < -0.4 is 0 Å². The van der Waals surface area contributed by atoms with E-state index >= 15 is 0 Å². The van der Waals surface area contributed by atoms with Crippen LogP contribution in [0.15, 0.2) is 85.1 Å². The number of aromatic amines is 2. The Bertz CT molecular complexity index is 2230. The highest BCUT2D eigenvalue weighted by atomic mass is 16.6. The van der Waals surface area contributed by atoms with Gasteiger partial charge in [-0.3, -0.25) is 9.80 Å². The molecule has 2 fully saturated rings. The van der Waals surface area contributed by atoms with Gasteiger partial charge in [0.1, 0.15) is 17.2 Å². The molecule has 0 unspecified atom stereocenters. The van der Waals surface area contributed by atoms with Crippen LogP contribution in [0, 0.1) is 0 Å². The van der Waals surface area contributed by atoms with Crippen LogP contribution in [-0.2, 0) is 4.74 Å². The molecule has 4 aromatic carbocycles. The highest BCUT2D eigenvalue weighted by Crippen LogP contribution is 2.35. The van der Waals surface area contributed by atoms with Gasteiger partial charge in [-0.15, -0.1) is 0 Å².